The smallest absolute Gasteiger partial charge is 0.325 e. The fourth-order valence-corrected chi connectivity index (χ4v) is 1.48. The zero-order chi connectivity index (χ0) is 16.0. The summed E-state index contributed by atoms with van der Waals surface area (Å²) in [5, 5.41) is 20.9. The maximum Gasteiger partial charge on any atom is 0.325 e. The van der Waals surface area contributed by atoms with Gasteiger partial charge in [0.05, 0.1) is 6.20 Å². The summed E-state index contributed by atoms with van der Waals surface area (Å²) in [6.45, 7) is 5.39. The minimum atomic E-state index is -1.08. The van der Waals surface area contributed by atoms with Crippen molar-refractivity contribution in [3.8, 4) is 0 Å². The average Bonchev–Trinajstić information content (AvgIpc) is 2.73. The van der Waals surface area contributed by atoms with Crippen LogP contribution in [0.5, 0.6) is 0 Å². The summed E-state index contributed by atoms with van der Waals surface area (Å²) in [5.74, 6) is -1.75. The van der Waals surface area contributed by atoms with Crippen LogP contribution in [-0.2, 0) is 16.1 Å². The van der Waals surface area contributed by atoms with Crippen molar-refractivity contribution in [3.63, 3.8) is 0 Å². The van der Waals surface area contributed by atoms with E-state index in [-0.39, 0.29) is 36.7 Å². The van der Waals surface area contributed by atoms with Gasteiger partial charge in [-0.15, -0.1) is 5.10 Å². The summed E-state index contributed by atoms with van der Waals surface area (Å²) < 4.78 is 1.05. The van der Waals surface area contributed by atoms with Gasteiger partial charge in [-0.05, 0) is 20.8 Å². The number of carboxylic acids is 1. The summed E-state index contributed by atoms with van der Waals surface area (Å²) in [5.41, 5.74) is -0.312. The number of carbonyl (C=O) groups is 3. The molecule has 1 rings (SSSR count). The van der Waals surface area contributed by atoms with Crippen molar-refractivity contribution in [2.45, 2.75) is 39.3 Å². The van der Waals surface area contributed by atoms with Gasteiger partial charge in [0.25, 0.3) is 5.91 Å². The van der Waals surface area contributed by atoms with Crippen molar-refractivity contribution < 1.29 is 19.5 Å². The molecule has 2 amide bonds. The van der Waals surface area contributed by atoms with Gasteiger partial charge in [0, 0.05) is 18.5 Å². The van der Waals surface area contributed by atoms with Crippen LogP contribution in [0.4, 0.5) is 0 Å². The van der Waals surface area contributed by atoms with E-state index in [0.29, 0.717) is 0 Å². The summed E-state index contributed by atoms with van der Waals surface area (Å²) in [6, 6.07) is 0. The van der Waals surface area contributed by atoms with Gasteiger partial charge in [-0.1, -0.05) is 5.21 Å². The summed E-state index contributed by atoms with van der Waals surface area (Å²) in [7, 11) is 0. The molecule has 1 heterocycles. The molecule has 0 aliphatic heterocycles. The molecule has 0 fully saturated rings. The molecule has 0 aromatic carbocycles. The van der Waals surface area contributed by atoms with E-state index in [4.69, 9.17) is 5.11 Å². The van der Waals surface area contributed by atoms with E-state index in [2.05, 4.69) is 20.9 Å². The molecule has 0 saturated carbocycles. The van der Waals surface area contributed by atoms with Gasteiger partial charge in [0.1, 0.15) is 6.54 Å². The van der Waals surface area contributed by atoms with Gasteiger partial charge in [0.15, 0.2) is 5.69 Å². The monoisotopic (exact) mass is 297 g/mol. The zero-order valence-corrected chi connectivity index (χ0v) is 12.2. The number of rotatable bonds is 6. The molecule has 9 nitrogen and oxygen atoms in total. The van der Waals surface area contributed by atoms with Crippen LogP contribution in [0.1, 0.15) is 37.7 Å². The second-order valence-electron chi connectivity index (χ2n) is 5.50. The number of nitrogens with one attached hydrogen (secondary N) is 2. The highest BCUT2D eigenvalue weighted by Crippen LogP contribution is 1.99. The van der Waals surface area contributed by atoms with Crippen molar-refractivity contribution in [1.82, 2.24) is 25.6 Å². The molecule has 0 bridgehead atoms. The Bertz CT molecular complexity index is 532. The number of aromatic nitrogens is 3. The quantitative estimate of drug-likeness (QED) is 0.643. The molecule has 3 N–H and O–H groups in total. The van der Waals surface area contributed by atoms with Crippen molar-refractivity contribution in [2.75, 3.05) is 6.54 Å². The van der Waals surface area contributed by atoms with Crippen LogP contribution in [0.2, 0.25) is 0 Å². The number of nitrogens with zero attached hydrogens (tertiary/aromatic N) is 3. The SMILES string of the molecule is CC(C)(C)NC(=O)CCNC(=O)c1cn(CC(=O)O)nn1. The molecule has 116 valence electrons. The largest absolute Gasteiger partial charge is 0.480 e. The van der Waals surface area contributed by atoms with Gasteiger partial charge in [-0.25, -0.2) is 4.68 Å². The van der Waals surface area contributed by atoms with E-state index < -0.39 is 11.9 Å². The van der Waals surface area contributed by atoms with Crippen LogP contribution in [0.25, 0.3) is 0 Å². The Hall–Kier alpha value is -2.45. The van der Waals surface area contributed by atoms with Crippen LogP contribution >= 0.6 is 0 Å². The molecular formula is C12H19N5O4. The van der Waals surface area contributed by atoms with Crippen molar-refractivity contribution in [2.24, 2.45) is 0 Å². The molecule has 0 saturated heterocycles. The Morgan fingerprint density at radius 1 is 1.33 bits per heavy atom. The van der Waals surface area contributed by atoms with Crippen molar-refractivity contribution in [1.29, 1.82) is 0 Å². The van der Waals surface area contributed by atoms with E-state index >= 15 is 0 Å². The average molecular weight is 297 g/mol. The first-order valence-corrected chi connectivity index (χ1v) is 6.38. The Morgan fingerprint density at radius 3 is 2.57 bits per heavy atom. The Kier molecular flexibility index (Phi) is 5.39. The van der Waals surface area contributed by atoms with Gasteiger partial charge < -0.3 is 15.7 Å². The number of amides is 2. The van der Waals surface area contributed by atoms with Crippen LogP contribution in [0.15, 0.2) is 6.20 Å². The highest BCUT2D eigenvalue weighted by atomic mass is 16.4. The standard InChI is InChI=1S/C12H19N5O4/c1-12(2,3)14-9(18)4-5-13-11(21)8-6-17(16-15-8)7-10(19)20/h6H,4-5,7H2,1-3H3,(H,13,21)(H,14,18)(H,19,20). The second kappa shape index (κ2) is 6.82. The van der Waals surface area contributed by atoms with E-state index in [1.54, 1.807) is 0 Å². The van der Waals surface area contributed by atoms with Crippen LogP contribution in [0.3, 0.4) is 0 Å². The van der Waals surface area contributed by atoms with Crippen molar-refractivity contribution in [3.05, 3.63) is 11.9 Å². The predicted octanol–water partition coefficient (Wildman–Crippen LogP) is -0.603. The first-order valence-electron chi connectivity index (χ1n) is 6.38. The number of aliphatic carboxylic acids is 1. The Balaban J connectivity index is 2.39. The first kappa shape index (κ1) is 16.6. The van der Waals surface area contributed by atoms with Gasteiger partial charge in [0.2, 0.25) is 5.91 Å². The lowest BCUT2D eigenvalue weighted by molar-refractivity contribution is -0.138. The third-order valence-electron chi connectivity index (χ3n) is 2.22. The molecule has 0 aliphatic carbocycles. The number of hydrogen-bond acceptors (Lipinski definition) is 5. The summed E-state index contributed by atoms with van der Waals surface area (Å²) >= 11 is 0. The highest BCUT2D eigenvalue weighted by molar-refractivity contribution is 5.92. The molecule has 0 aliphatic rings. The van der Waals surface area contributed by atoms with Crippen LogP contribution < -0.4 is 10.6 Å². The lowest BCUT2D eigenvalue weighted by Gasteiger charge is -2.20. The van der Waals surface area contributed by atoms with Gasteiger partial charge >= 0.3 is 5.97 Å². The lowest BCUT2D eigenvalue weighted by atomic mass is 10.1. The van der Waals surface area contributed by atoms with Crippen molar-refractivity contribution >= 4 is 17.8 Å². The Labute approximate surface area is 121 Å². The molecule has 0 atom stereocenters. The third kappa shape index (κ3) is 6.50. The van der Waals surface area contributed by atoms with Crippen LogP contribution in [-0.4, -0.2) is 50.0 Å². The van der Waals surface area contributed by atoms with E-state index in [1.165, 1.54) is 6.20 Å². The van der Waals surface area contributed by atoms with E-state index in [1.807, 2.05) is 20.8 Å². The van der Waals surface area contributed by atoms with Gasteiger partial charge in [-0.3, -0.25) is 14.4 Å². The third-order valence-corrected chi connectivity index (χ3v) is 2.22. The molecular weight excluding hydrogens is 278 g/mol. The fourth-order valence-electron chi connectivity index (χ4n) is 1.48. The van der Waals surface area contributed by atoms with E-state index in [0.717, 1.165) is 4.68 Å². The molecule has 1 aromatic rings. The second-order valence-corrected chi connectivity index (χ2v) is 5.50. The maximum atomic E-state index is 11.7. The predicted molar refractivity (Wildman–Crippen MR) is 72.5 cm³/mol. The minimum Gasteiger partial charge on any atom is -0.480 e. The minimum absolute atomic E-state index is 0.00693. The Morgan fingerprint density at radius 2 is 2.00 bits per heavy atom. The normalized spacial score (nSPS) is 11.0. The van der Waals surface area contributed by atoms with Crippen LogP contribution in [0, 0.1) is 0 Å². The van der Waals surface area contributed by atoms with Gasteiger partial charge in [-0.2, -0.15) is 0 Å². The summed E-state index contributed by atoms with van der Waals surface area (Å²) in [6.07, 6.45) is 1.38. The molecule has 0 radical (unpaired) electrons. The first-order chi connectivity index (χ1) is 9.67. The molecule has 0 unspecified atom stereocenters. The molecule has 21 heavy (non-hydrogen) atoms. The zero-order valence-electron chi connectivity index (χ0n) is 12.2. The van der Waals surface area contributed by atoms with E-state index in [9.17, 15) is 14.4 Å². The summed E-state index contributed by atoms with van der Waals surface area (Å²) in [4.78, 5) is 33.7. The topological polar surface area (TPSA) is 126 Å². The number of carbonyl (C=O) groups excluding carboxylic acids is 2. The number of hydrogen-bond donors (Lipinski definition) is 3. The fraction of sp³-hybridized carbons (Fsp3) is 0.583. The lowest BCUT2D eigenvalue weighted by Crippen LogP contribution is -2.42. The molecule has 0 spiro atoms. The molecule has 9 heteroatoms. The highest BCUT2D eigenvalue weighted by Gasteiger charge is 2.15. The number of carboxylic acid groups (broad SMARTS) is 1. The maximum absolute atomic E-state index is 11.7. The molecule has 1 aromatic heterocycles.